The Kier molecular flexibility index (Phi) is 3.48. The molecule has 1 aromatic carbocycles. The summed E-state index contributed by atoms with van der Waals surface area (Å²) in [5.74, 6) is 0. The predicted octanol–water partition coefficient (Wildman–Crippen LogP) is -1.44. The molecule has 0 aliphatic carbocycles. The van der Waals surface area contributed by atoms with Crippen LogP contribution in [0, 0.1) is 10.1 Å². The Morgan fingerprint density at radius 2 is 2.12 bits per heavy atom. The van der Waals surface area contributed by atoms with E-state index in [2.05, 4.69) is 5.32 Å². The number of hydrogen-bond acceptors (Lipinski definition) is 2. The van der Waals surface area contributed by atoms with Crippen molar-refractivity contribution in [3.05, 3.63) is 39.9 Å². The molecule has 0 bridgehead atoms. The van der Waals surface area contributed by atoms with Gasteiger partial charge in [-0.3, -0.25) is 10.1 Å². The Morgan fingerprint density at radius 1 is 1.38 bits per heavy atom. The minimum absolute atomic E-state index is 0.195. The largest absolute Gasteiger partial charge is 0.337 e. The molecule has 2 rings (SSSR count). The van der Waals surface area contributed by atoms with Crippen LogP contribution in [0.3, 0.4) is 0 Å². The number of hydrogen-bond donors (Lipinski definition) is 2. The van der Waals surface area contributed by atoms with Gasteiger partial charge in [0.15, 0.2) is 0 Å². The van der Waals surface area contributed by atoms with Gasteiger partial charge in [-0.2, -0.15) is 0 Å². The van der Waals surface area contributed by atoms with Crippen LogP contribution < -0.4 is 10.2 Å². The number of nitrogens with zero attached hydrogens (tertiary/aromatic N) is 1. The first-order valence-electron chi connectivity index (χ1n) is 5.64. The van der Waals surface area contributed by atoms with Crippen LogP contribution in [0.1, 0.15) is 5.56 Å². The van der Waals surface area contributed by atoms with Crippen molar-refractivity contribution in [2.24, 2.45) is 0 Å². The quantitative estimate of drug-likeness (QED) is 0.487. The molecule has 0 aromatic heterocycles. The molecular weight excluding hydrogens is 206 g/mol. The summed E-state index contributed by atoms with van der Waals surface area (Å²) in [6, 6.07) is 6.97. The summed E-state index contributed by atoms with van der Waals surface area (Å²) in [4.78, 5) is 11.8. The van der Waals surface area contributed by atoms with Gasteiger partial charge in [0.2, 0.25) is 0 Å². The van der Waals surface area contributed by atoms with E-state index in [0.29, 0.717) is 0 Å². The van der Waals surface area contributed by atoms with Crippen LogP contribution in [0.4, 0.5) is 5.69 Å². The summed E-state index contributed by atoms with van der Waals surface area (Å²) >= 11 is 0. The third-order valence-corrected chi connectivity index (χ3v) is 2.98. The summed E-state index contributed by atoms with van der Waals surface area (Å²) in [6.07, 6.45) is 0. The Balaban J connectivity index is 2.02. The van der Waals surface area contributed by atoms with Crippen molar-refractivity contribution in [3.8, 4) is 0 Å². The van der Waals surface area contributed by atoms with Crippen LogP contribution in [0.15, 0.2) is 24.3 Å². The Morgan fingerprint density at radius 3 is 2.81 bits per heavy atom. The van der Waals surface area contributed by atoms with E-state index in [4.69, 9.17) is 0 Å². The van der Waals surface area contributed by atoms with Gasteiger partial charge in [0, 0.05) is 17.7 Å². The molecule has 0 unspecified atom stereocenters. The standard InChI is InChI=1S/C11H15N3O2/c15-14(16)11-3-1-2-10(8-11)9-13-6-4-12-5-7-13/h1-3,8,12H,4-7,9H2/p+2. The third-order valence-electron chi connectivity index (χ3n) is 2.98. The number of rotatable bonds is 3. The number of nitro benzene ring substituents is 1. The highest BCUT2D eigenvalue weighted by Gasteiger charge is 2.16. The topological polar surface area (TPSA) is 64.2 Å². The van der Waals surface area contributed by atoms with Gasteiger partial charge in [0.05, 0.1) is 4.92 Å². The maximum atomic E-state index is 10.6. The van der Waals surface area contributed by atoms with E-state index in [1.807, 2.05) is 6.07 Å². The first-order chi connectivity index (χ1) is 7.75. The second-order valence-electron chi connectivity index (χ2n) is 4.22. The highest BCUT2D eigenvalue weighted by Crippen LogP contribution is 2.12. The number of piperazine rings is 1. The molecule has 0 radical (unpaired) electrons. The summed E-state index contributed by atoms with van der Waals surface area (Å²) in [5, 5.41) is 13.0. The molecule has 1 aliphatic heterocycles. The third kappa shape index (κ3) is 2.77. The van der Waals surface area contributed by atoms with Gasteiger partial charge in [-0.15, -0.1) is 0 Å². The molecule has 5 nitrogen and oxygen atoms in total. The highest BCUT2D eigenvalue weighted by atomic mass is 16.6. The summed E-state index contributed by atoms with van der Waals surface area (Å²) in [5.41, 5.74) is 1.26. The van der Waals surface area contributed by atoms with Gasteiger partial charge >= 0.3 is 0 Å². The van der Waals surface area contributed by atoms with E-state index >= 15 is 0 Å². The summed E-state index contributed by atoms with van der Waals surface area (Å²) < 4.78 is 0. The van der Waals surface area contributed by atoms with Crippen LogP contribution in [-0.4, -0.2) is 31.1 Å². The first-order valence-corrected chi connectivity index (χ1v) is 5.64. The molecule has 86 valence electrons. The average molecular weight is 223 g/mol. The van der Waals surface area contributed by atoms with E-state index in [0.717, 1.165) is 38.3 Å². The number of nitrogens with one attached hydrogen (secondary N) is 1. The average Bonchev–Trinajstić information content (AvgIpc) is 2.30. The first kappa shape index (κ1) is 11.0. The fourth-order valence-electron chi connectivity index (χ4n) is 2.13. The lowest BCUT2D eigenvalue weighted by Gasteiger charge is -2.22. The monoisotopic (exact) mass is 223 g/mol. The van der Waals surface area contributed by atoms with Gasteiger partial charge in [-0.1, -0.05) is 12.1 Å². The van der Waals surface area contributed by atoms with Gasteiger partial charge < -0.3 is 10.2 Å². The minimum Gasteiger partial charge on any atom is -0.337 e. The maximum absolute atomic E-state index is 10.6. The number of benzene rings is 1. The fraction of sp³-hybridized carbons (Fsp3) is 0.455. The molecule has 1 saturated heterocycles. The zero-order valence-corrected chi connectivity index (χ0v) is 9.19. The molecule has 5 heteroatoms. The second kappa shape index (κ2) is 5.05. The van der Waals surface area contributed by atoms with E-state index < -0.39 is 0 Å². The Labute approximate surface area is 94.2 Å². The normalized spacial score (nSPS) is 17.2. The zero-order valence-electron chi connectivity index (χ0n) is 9.19. The summed E-state index contributed by atoms with van der Waals surface area (Å²) in [7, 11) is 0. The van der Waals surface area contributed by atoms with Gasteiger partial charge in [0.25, 0.3) is 5.69 Å². The van der Waals surface area contributed by atoms with Gasteiger partial charge in [-0.25, -0.2) is 0 Å². The molecule has 1 heterocycles. The molecule has 0 amide bonds. The smallest absolute Gasteiger partial charge is 0.269 e. The van der Waals surface area contributed by atoms with Crippen molar-refractivity contribution in [2.45, 2.75) is 6.54 Å². The van der Waals surface area contributed by atoms with Crippen LogP contribution in [-0.2, 0) is 6.54 Å². The molecule has 1 aromatic rings. The van der Waals surface area contributed by atoms with E-state index in [9.17, 15) is 10.1 Å². The van der Waals surface area contributed by atoms with Crippen LogP contribution >= 0.6 is 0 Å². The van der Waals surface area contributed by atoms with Crippen molar-refractivity contribution < 1.29 is 15.1 Å². The van der Waals surface area contributed by atoms with Gasteiger partial charge in [0.1, 0.15) is 32.7 Å². The summed E-state index contributed by atoms with van der Waals surface area (Å²) in [6.45, 7) is 5.50. The molecule has 0 saturated carbocycles. The van der Waals surface area contributed by atoms with Crippen LogP contribution in [0.2, 0.25) is 0 Å². The second-order valence-corrected chi connectivity index (χ2v) is 4.22. The number of non-ortho nitro benzene ring substituents is 1. The number of nitrogens with two attached hydrogens (primary N) is 1. The minimum atomic E-state index is -0.331. The van der Waals surface area contributed by atoms with E-state index in [1.165, 1.54) is 4.90 Å². The van der Waals surface area contributed by atoms with E-state index in [-0.39, 0.29) is 10.6 Å². The zero-order chi connectivity index (χ0) is 11.4. The highest BCUT2D eigenvalue weighted by molar-refractivity contribution is 5.33. The Bertz CT molecular complexity index is 375. The SMILES string of the molecule is O=[N+]([O-])c1cccc(C[NH+]2CC[NH2+]CC2)c1. The van der Waals surface area contributed by atoms with Crippen LogP contribution in [0.5, 0.6) is 0 Å². The molecule has 1 aliphatic rings. The Hall–Kier alpha value is -1.46. The molecule has 16 heavy (non-hydrogen) atoms. The van der Waals surface area contributed by atoms with Crippen molar-refractivity contribution in [1.29, 1.82) is 0 Å². The molecular formula is C11H17N3O2+2. The fourth-order valence-corrected chi connectivity index (χ4v) is 2.13. The number of quaternary nitrogens is 2. The lowest BCUT2D eigenvalue weighted by Crippen LogP contribution is -3.19. The van der Waals surface area contributed by atoms with E-state index in [1.54, 1.807) is 18.2 Å². The lowest BCUT2D eigenvalue weighted by atomic mass is 10.2. The predicted molar refractivity (Wildman–Crippen MR) is 59.2 cm³/mol. The van der Waals surface area contributed by atoms with Crippen molar-refractivity contribution in [3.63, 3.8) is 0 Å². The van der Waals surface area contributed by atoms with Crippen molar-refractivity contribution >= 4 is 5.69 Å². The van der Waals surface area contributed by atoms with Crippen molar-refractivity contribution in [1.82, 2.24) is 0 Å². The lowest BCUT2D eigenvalue weighted by molar-refractivity contribution is -0.958. The molecule has 0 spiro atoms. The molecule has 1 fully saturated rings. The number of nitro groups is 1. The van der Waals surface area contributed by atoms with Crippen molar-refractivity contribution in [2.75, 3.05) is 26.2 Å². The maximum Gasteiger partial charge on any atom is 0.269 e. The van der Waals surface area contributed by atoms with Crippen LogP contribution in [0.25, 0.3) is 0 Å². The van der Waals surface area contributed by atoms with Gasteiger partial charge in [-0.05, 0) is 0 Å². The molecule has 0 atom stereocenters. The molecule has 3 N–H and O–H groups in total.